The Morgan fingerprint density at radius 2 is 2.42 bits per heavy atom. The molecule has 0 aliphatic carbocycles. The largest absolute Gasteiger partial charge is 0.344 e. The molecule has 4 heteroatoms. The molecular formula is C8H14BrN3. The Morgan fingerprint density at radius 3 is 3.00 bits per heavy atom. The summed E-state index contributed by atoms with van der Waals surface area (Å²) in [5.74, 6) is 1.04. The molecule has 0 amide bonds. The van der Waals surface area contributed by atoms with Gasteiger partial charge in [0, 0.05) is 37.9 Å². The molecule has 12 heavy (non-hydrogen) atoms. The standard InChI is InChI=1S/C8H14BrN3/c1-3-12-7-5-10-8(12)11(2)6-4-9/h5,7H,3-4,6H2,1-2H3. The van der Waals surface area contributed by atoms with Gasteiger partial charge in [0.15, 0.2) is 0 Å². The molecule has 0 aromatic carbocycles. The van der Waals surface area contributed by atoms with Crippen molar-refractivity contribution < 1.29 is 0 Å². The van der Waals surface area contributed by atoms with Gasteiger partial charge in [-0.15, -0.1) is 0 Å². The van der Waals surface area contributed by atoms with Crippen LogP contribution >= 0.6 is 15.9 Å². The highest BCUT2D eigenvalue weighted by atomic mass is 79.9. The summed E-state index contributed by atoms with van der Waals surface area (Å²) in [4.78, 5) is 6.41. The first-order valence-corrected chi connectivity index (χ1v) is 5.20. The molecule has 0 bridgehead atoms. The molecule has 1 heterocycles. The minimum atomic E-state index is 0.972. The molecule has 1 rings (SSSR count). The lowest BCUT2D eigenvalue weighted by molar-refractivity contribution is 0.734. The first kappa shape index (κ1) is 9.58. The van der Waals surface area contributed by atoms with E-state index in [4.69, 9.17) is 0 Å². The van der Waals surface area contributed by atoms with Crippen LogP contribution in [0.3, 0.4) is 0 Å². The Bertz CT molecular complexity index is 234. The number of nitrogens with zero attached hydrogens (tertiary/aromatic N) is 3. The van der Waals surface area contributed by atoms with E-state index in [9.17, 15) is 0 Å². The molecule has 0 N–H and O–H groups in total. The summed E-state index contributed by atoms with van der Waals surface area (Å²) in [5.41, 5.74) is 0. The van der Waals surface area contributed by atoms with Gasteiger partial charge in [0.2, 0.25) is 5.95 Å². The van der Waals surface area contributed by atoms with Crippen LogP contribution in [0.4, 0.5) is 5.95 Å². The van der Waals surface area contributed by atoms with Crippen LogP contribution in [0.2, 0.25) is 0 Å². The zero-order valence-corrected chi connectivity index (χ0v) is 9.08. The number of hydrogen-bond acceptors (Lipinski definition) is 2. The van der Waals surface area contributed by atoms with E-state index in [0.29, 0.717) is 0 Å². The van der Waals surface area contributed by atoms with Gasteiger partial charge in [-0.05, 0) is 6.92 Å². The van der Waals surface area contributed by atoms with Crippen molar-refractivity contribution in [2.75, 3.05) is 23.8 Å². The number of halogens is 1. The van der Waals surface area contributed by atoms with Crippen LogP contribution in [0.1, 0.15) is 6.92 Å². The van der Waals surface area contributed by atoms with Gasteiger partial charge >= 0.3 is 0 Å². The molecular weight excluding hydrogens is 218 g/mol. The van der Waals surface area contributed by atoms with Crippen molar-refractivity contribution in [2.24, 2.45) is 0 Å². The van der Waals surface area contributed by atoms with E-state index in [-0.39, 0.29) is 0 Å². The summed E-state index contributed by atoms with van der Waals surface area (Å²) in [5, 5.41) is 0.972. The van der Waals surface area contributed by atoms with Gasteiger partial charge in [0.1, 0.15) is 0 Å². The Balaban J connectivity index is 2.71. The fourth-order valence-electron chi connectivity index (χ4n) is 1.11. The molecule has 0 saturated heterocycles. The topological polar surface area (TPSA) is 21.1 Å². The van der Waals surface area contributed by atoms with Crippen molar-refractivity contribution in [3.05, 3.63) is 12.4 Å². The quantitative estimate of drug-likeness (QED) is 0.737. The molecule has 0 fully saturated rings. The van der Waals surface area contributed by atoms with E-state index in [1.54, 1.807) is 0 Å². The molecule has 0 aliphatic rings. The third-order valence-corrected chi connectivity index (χ3v) is 2.15. The van der Waals surface area contributed by atoms with Gasteiger partial charge in [0.05, 0.1) is 0 Å². The van der Waals surface area contributed by atoms with Gasteiger partial charge in [-0.2, -0.15) is 0 Å². The van der Waals surface area contributed by atoms with Crippen molar-refractivity contribution in [1.82, 2.24) is 9.55 Å². The zero-order chi connectivity index (χ0) is 8.97. The van der Waals surface area contributed by atoms with Crippen LogP contribution in [-0.2, 0) is 6.54 Å². The lowest BCUT2D eigenvalue weighted by Gasteiger charge is -2.17. The Morgan fingerprint density at radius 1 is 1.67 bits per heavy atom. The molecule has 3 nitrogen and oxygen atoms in total. The molecule has 68 valence electrons. The number of anilines is 1. The van der Waals surface area contributed by atoms with Crippen LogP contribution in [0, 0.1) is 0 Å². The number of imidazole rings is 1. The van der Waals surface area contributed by atoms with E-state index < -0.39 is 0 Å². The van der Waals surface area contributed by atoms with Gasteiger partial charge in [-0.25, -0.2) is 4.98 Å². The maximum Gasteiger partial charge on any atom is 0.205 e. The maximum absolute atomic E-state index is 4.27. The smallest absolute Gasteiger partial charge is 0.205 e. The Kier molecular flexibility index (Phi) is 3.59. The SMILES string of the molecule is CCn1ccnc1N(C)CCBr. The molecule has 1 aromatic heterocycles. The van der Waals surface area contributed by atoms with Crippen molar-refractivity contribution in [3.8, 4) is 0 Å². The van der Waals surface area contributed by atoms with Crippen LogP contribution in [-0.4, -0.2) is 28.5 Å². The highest BCUT2D eigenvalue weighted by Gasteiger charge is 2.05. The third kappa shape index (κ3) is 2.00. The van der Waals surface area contributed by atoms with Crippen LogP contribution < -0.4 is 4.90 Å². The lowest BCUT2D eigenvalue weighted by Crippen LogP contribution is -2.23. The van der Waals surface area contributed by atoms with Crippen molar-refractivity contribution >= 4 is 21.9 Å². The molecule has 0 saturated carbocycles. The summed E-state index contributed by atoms with van der Waals surface area (Å²) >= 11 is 3.40. The third-order valence-electron chi connectivity index (χ3n) is 1.80. The predicted octanol–water partition coefficient (Wildman–Crippen LogP) is 1.73. The lowest BCUT2D eigenvalue weighted by atomic mass is 10.6. The first-order chi connectivity index (χ1) is 5.79. The van der Waals surface area contributed by atoms with Crippen molar-refractivity contribution in [2.45, 2.75) is 13.5 Å². The van der Waals surface area contributed by atoms with Crippen LogP contribution in [0.25, 0.3) is 0 Å². The molecule has 0 radical (unpaired) electrons. The van der Waals surface area contributed by atoms with Gasteiger partial charge in [-0.1, -0.05) is 15.9 Å². The second kappa shape index (κ2) is 4.50. The number of hydrogen-bond donors (Lipinski definition) is 0. The summed E-state index contributed by atoms with van der Waals surface area (Å²) in [6.45, 7) is 4.08. The average Bonchev–Trinajstić information content (AvgIpc) is 2.51. The van der Waals surface area contributed by atoms with Crippen LogP contribution in [0.15, 0.2) is 12.4 Å². The Hall–Kier alpha value is -0.510. The minimum absolute atomic E-state index is 0.972. The van der Waals surface area contributed by atoms with Gasteiger partial charge < -0.3 is 9.47 Å². The fraction of sp³-hybridized carbons (Fsp3) is 0.625. The van der Waals surface area contributed by atoms with E-state index in [1.807, 2.05) is 12.4 Å². The monoisotopic (exact) mass is 231 g/mol. The Labute approximate surface area is 81.5 Å². The van der Waals surface area contributed by atoms with Crippen molar-refractivity contribution in [3.63, 3.8) is 0 Å². The molecule has 1 aromatic rings. The highest BCUT2D eigenvalue weighted by molar-refractivity contribution is 9.09. The number of aryl methyl sites for hydroxylation is 1. The summed E-state index contributed by atoms with van der Waals surface area (Å²) < 4.78 is 2.13. The minimum Gasteiger partial charge on any atom is -0.344 e. The maximum atomic E-state index is 4.27. The average molecular weight is 232 g/mol. The highest BCUT2D eigenvalue weighted by Crippen LogP contribution is 2.08. The van der Waals surface area contributed by atoms with Gasteiger partial charge in [0.25, 0.3) is 0 Å². The van der Waals surface area contributed by atoms with Crippen LogP contribution in [0.5, 0.6) is 0 Å². The van der Waals surface area contributed by atoms with Crippen molar-refractivity contribution in [1.29, 1.82) is 0 Å². The summed E-state index contributed by atoms with van der Waals surface area (Å²) in [6.07, 6.45) is 3.84. The molecule has 0 aliphatic heterocycles. The fourth-order valence-corrected chi connectivity index (χ4v) is 1.64. The number of alkyl halides is 1. The van der Waals surface area contributed by atoms with E-state index in [0.717, 1.165) is 24.4 Å². The number of aromatic nitrogens is 2. The molecule has 0 spiro atoms. The second-order valence-electron chi connectivity index (χ2n) is 2.62. The summed E-state index contributed by atoms with van der Waals surface area (Å²) in [7, 11) is 2.05. The second-order valence-corrected chi connectivity index (χ2v) is 3.42. The van der Waals surface area contributed by atoms with Gasteiger partial charge in [-0.3, -0.25) is 0 Å². The number of rotatable bonds is 4. The first-order valence-electron chi connectivity index (χ1n) is 4.07. The zero-order valence-electron chi connectivity index (χ0n) is 7.50. The normalized spacial score (nSPS) is 10.2. The summed E-state index contributed by atoms with van der Waals surface area (Å²) in [6, 6.07) is 0. The van der Waals surface area contributed by atoms with E-state index in [2.05, 4.69) is 44.4 Å². The van der Waals surface area contributed by atoms with E-state index in [1.165, 1.54) is 0 Å². The van der Waals surface area contributed by atoms with E-state index >= 15 is 0 Å². The molecule has 0 atom stereocenters. The molecule has 0 unspecified atom stereocenters. The predicted molar refractivity (Wildman–Crippen MR) is 55.0 cm³/mol.